The predicted octanol–water partition coefficient (Wildman–Crippen LogP) is 2.71. The average molecular weight is 279 g/mol. The van der Waals surface area contributed by atoms with Gasteiger partial charge in [0.2, 0.25) is 0 Å². The average Bonchev–Trinajstić information content (AvgIpc) is 2.69. The van der Waals surface area contributed by atoms with Crippen LogP contribution in [-0.2, 0) is 6.61 Å². The van der Waals surface area contributed by atoms with E-state index < -0.39 is 0 Å². The first-order chi connectivity index (χ1) is 9.71. The molecule has 0 aromatic heterocycles. The third kappa shape index (κ3) is 2.54. The molecule has 3 nitrogen and oxygen atoms in total. The predicted molar refractivity (Wildman–Crippen MR) is 75.2 cm³/mol. The fourth-order valence-electron chi connectivity index (χ4n) is 3.76. The number of ether oxygens (including phenoxy) is 1. The highest BCUT2D eigenvalue weighted by Gasteiger charge is 2.40. The van der Waals surface area contributed by atoms with Crippen molar-refractivity contribution in [1.82, 2.24) is 4.90 Å². The van der Waals surface area contributed by atoms with Crippen LogP contribution in [0.3, 0.4) is 0 Å². The standard InChI is InChI=1S/C16H22FNO2/c1-2-18-12-4-5-13(18)8-15(7-12)20-14-6-3-11(10-19)16(17)9-14/h3,6,9,12-13,15,19H,2,4-5,7-8,10H2,1H3/t12-,13+,15?. The van der Waals surface area contributed by atoms with Gasteiger partial charge in [-0.1, -0.05) is 13.0 Å². The third-order valence-electron chi connectivity index (χ3n) is 4.70. The Kier molecular flexibility index (Phi) is 3.94. The van der Waals surface area contributed by atoms with Gasteiger partial charge in [-0.05, 0) is 38.3 Å². The van der Waals surface area contributed by atoms with Crippen LogP contribution < -0.4 is 4.74 Å². The normalized spacial score (nSPS) is 29.6. The Morgan fingerprint density at radius 1 is 1.30 bits per heavy atom. The van der Waals surface area contributed by atoms with Crippen molar-refractivity contribution in [2.75, 3.05) is 6.54 Å². The number of nitrogens with zero attached hydrogens (tertiary/aromatic N) is 1. The lowest BCUT2D eigenvalue weighted by Gasteiger charge is -2.38. The van der Waals surface area contributed by atoms with Gasteiger partial charge in [0.05, 0.1) is 6.61 Å². The van der Waals surface area contributed by atoms with E-state index in [9.17, 15) is 4.39 Å². The summed E-state index contributed by atoms with van der Waals surface area (Å²) >= 11 is 0. The van der Waals surface area contributed by atoms with E-state index in [-0.39, 0.29) is 18.5 Å². The Morgan fingerprint density at radius 2 is 2.00 bits per heavy atom. The van der Waals surface area contributed by atoms with Crippen molar-refractivity contribution in [1.29, 1.82) is 0 Å². The van der Waals surface area contributed by atoms with E-state index in [0.717, 1.165) is 19.4 Å². The number of hydrogen-bond acceptors (Lipinski definition) is 3. The lowest BCUT2D eigenvalue weighted by molar-refractivity contribution is 0.0528. The van der Waals surface area contributed by atoms with Crippen molar-refractivity contribution in [3.05, 3.63) is 29.6 Å². The van der Waals surface area contributed by atoms with Gasteiger partial charge in [-0.25, -0.2) is 4.39 Å². The summed E-state index contributed by atoms with van der Waals surface area (Å²) in [4.78, 5) is 2.58. The van der Waals surface area contributed by atoms with Crippen molar-refractivity contribution in [2.45, 2.75) is 57.4 Å². The van der Waals surface area contributed by atoms with Crippen LogP contribution in [0.2, 0.25) is 0 Å². The number of hydrogen-bond donors (Lipinski definition) is 1. The lowest BCUT2D eigenvalue weighted by atomic mass is 10.00. The summed E-state index contributed by atoms with van der Waals surface area (Å²) in [6, 6.07) is 6.00. The molecular formula is C16H22FNO2. The number of piperidine rings is 1. The first kappa shape index (κ1) is 13.8. The molecule has 2 saturated heterocycles. The minimum atomic E-state index is -0.390. The van der Waals surface area contributed by atoms with Gasteiger partial charge in [0.15, 0.2) is 0 Å². The largest absolute Gasteiger partial charge is 0.490 e. The molecule has 2 aliphatic heterocycles. The highest BCUT2D eigenvalue weighted by molar-refractivity contribution is 5.28. The molecule has 0 radical (unpaired) electrons. The van der Waals surface area contributed by atoms with Gasteiger partial charge in [-0.15, -0.1) is 0 Å². The Bertz CT molecular complexity index is 466. The SMILES string of the molecule is CCN1[C@@H]2CC[C@H]1CC(Oc1ccc(CO)c(F)c1)C2. The second kappa shape index (κ2) is 5.70. The Labute approximate surface area is 119 Å². The Morgan fingerprint density at radius 3 is 2.55 bits per heavy atom. The molecule has 2 heterocycles. The van der Waals surface area contributed by atoms with E-state index in [0.29, 0.717) is 23.4 Å². The van der Waals surface area contributed by atoms with Crippen molar-refractivity contribution < 1.29 is 14.2 Å². The van der Waals surface area contributed by atoms with Crippen LogP contribution in [0, 0.1) is 5.82 Å². The summed E-state index contributed by atoms with van der Waals surface area (Å²) in [5, 5.41) is 8.98. The summed E-state index contributed by atoms with van der Waals surface area (Å²) < 4.78 is 19.6. The number of fused-ring (bicyclic) bond motifs is 2. The fraction of sp³-hybridized carbons (Fsp3) is 0.625. The maximum Gasteiger partial charge on any atom is 0.132 e. The summed E-state index contributed by atoms with van der Waals surface area (Å²) in [5.74, 6) is 0.188. The van der Waals surface area contributed by atoms with E-state index >= 15 is 0 Å². The maximum absolute atomic E-state index is 13.6. The zero-order valence-electron chi connectivity index (χ0n) is 11.9. The molecule has 0 saturated carbocycles. The second-order valence-electron chi connectivity index (χ2n) is 5.84. The van der Waals surface area contributed by atoms with E-state index in [2.05, 4.69) is 11.8 Å². The minimum absolute atomic E-state index is 0.190. The smallest absolute Gasteiger partial charge is 0.132 e. The first-order valence-electron chi connectivity index (χ1n) is 7.53. The molecule has 2 fully saturated rings. The van der Waals surface area contributed by atoms with Gasteiger partial charge in [-0.2, -0.15) is 0 Å². The van der Waals surface area contributed by atoms with Gasteiger partial charge >= 0.3 is 0 Å². The van der Waals surface area contributed by atoms with Crippen LogP contribution in [0.5, 0.6) is 5.75 Å². The summed E-state index contributed by atoms with van der Waals surface area (Å²) in [6.07, 6.45) is 4.78. The topological polar surface area (TPSA) is 32.7 Å². The van der Waals surface area contributed by atoms with Crippen LogP contribution in [0.4, 0.5) is 4.39 Å². The molecule has 3 rings (SSSR count). The molecule has 2 aliphatic rings. The Balaban J connectivity index is 1.66. The van der Waals surface area contributed by atoms with Crippen LogP contribution in [0.1, 0.15) is 38.2 Å². The maximum atomic E-state index is 13.6. The number of halogens is 1. The van der Waals surface area contributed by atoms with Crippen molar-refractivity contribution in [2.24, 2.45) is 0 Å². The molecule has 1 N–H and O–H groups in total. The number of benzene rings is 1. The highest BCUT2D eigenvalue weighted by atomic mass is 19.1. The van der Waals surface area contributed by atoms with E-state index in [1.165, 1.54) is 18.9 Å². The molecule has 3 atom stereocenters. The molecular weight excluding hydrogens is 257 g/mol. The molecule has 4 heteroatoms. The van der Waals surface area contributed by atoms with Crippen LogP contribution >= 0.6 is 0 Å². The number of aliphatic hydroxyl groups excluding tert-OH is 1. The molecule has 1 aromatic rings. The number of rotatable bonds is 4. The molecule has 0 aliphatic carbocycles. The molecule has 110 valence electrons. The van der Waals surface area contributed by atoms with Crippen LogP contribution in [0.25, 0.3) is 0 Å². The fourth-order valence-corrected chi connectivity index (χ4v) is 3.76. The lowest BCUT2D eigenvalue weighted by Crippen LogP contribution is -2.46. The van der Waals surface area contributed by atoms with Gasteiger partial charge in [-0.3, -0.25) is 4.90 Å². The molecule has 1 unspecified atom stereocenters. The quantitative estimate of drug-likeness (QED) is 0.920. The zero-order valence-corrected chi connectivity index (χ0v) is 11.9. The molecule has 2 bridgehead atoms. The van der Waals surface area contributed by atoms with Gasteiger partial charge in [0, 0.05) is 23.7 Å². The highest BCUT2D eigenvalue weighted by Crippen LogP contribution is 2.37. The molecule has 1 aromatic carbocycles. The van der Waals surface area contributed by atoms with Gasteiger partial charge < -0.3 is 9.84 Å². The summed E-state index contributed by atoms with van der Waals surface area (Å²) in [5.41, 5.74) is 0.318. The minimum Gasteiger partial charge on any atom is -0.490 e. The van der Waals surface area contributed by atoms with E-state index in [1.807, 2.05) is 0 Å². The third-order valence-corrected chi connectivity index (χ3v) is 4.70. The van der Waals surface area contributed by atoms with Crippen LogP contribution in [0.15, 0.2) is 18.2 Å². The second-order valence-corrected chi connectivity index (χ2v) is 5.84. The van der Waals surface area contributed by atoms with E-state index in [4.69, 9.17) is 9.84 Å². The molecule has 0 amide bonds. The summed E-state index contributed by atoms with van der Waals surface area (Å²) in [6.45, 7) is 3.06. The Hall–Kier alpha value is -1.13. The van der Waals surface area contributed by atoms with Gasteiger partial charge in [0.25, 0.3) is 0 Å². The van der Waals surface area contributed by atoms with E-state index in [1.54, 1.807) is 12.1 Å². The summed E-state index contributed by atoms with van der Waals surface area (Å²) in [7, 11) is 0. The molecule has 0 spiro atoms. The monoisotopic (exact) mass is 279 g/mol. The number of aliphatic hydroxyl groups is 1. The van der Waals surface area contributed by atoms with Gasteiger partial charge in [0.1, 0.15) is 17.7 Å². The van der Waals surface area contributed by atoms with Crippen LogP contribution in [-0.4, -0.2) is 34.7 Å². The van der Waals surface area contributed by atoms with Crippen molar-refractivity contribution >= 4 is 0 Å². The van der Waals surface area contributed by atoms with Crippen molar-refractivity contribution in [3.8, 4) is 5.75 Å². The zero-order chi connectivity index (χ0) is 14.1. The molecule has 20 heavy (non-hydrogen) atoms. The van der Waals surface area contributed by atoms with Crippen molar-refractivity contribution in [3.63, 3.8) is 0 Å². The first-order valence-corrected chi connectivity index (χ1v) is 7.53.